The Bertz CT molecular complexity index is 121. The smallest absolute Gasteiger partial charge is 0.186 e. The van der Waals surface area contributed by atoms with Gasteiger partial charge >= 0.3 is 0 Å². The van der Waals surface area contributed by atoms with Gasteiger partial charge in [0.1, 0.15) is 0 Å². The highest BCUT2D eigenvalue weighted by molar-refractivity contribution is 9.14. The van der Waals surface area contributed by atoms with Crippen LogP contribution >= 0.6 is 31.9 Å². The second-order valence-corrected chi connectivity index (χ2v) is 4.11. The fourth-order valence-corrected chi connectivity index (χ4v) is 1.14. The molecular weight excluding hydrogens is 275 g/mol. The van der Waals surface area contributed by atoms with Crippen molar-refractivity contribution < 1.29 is 4.39 Å². The van der Waals surface area contributed by atoms with Gasteiger partial charge in [0, 0.05) is 4.48 Å². The van der Waals surface area contributed by atoms with E-state index in [1.165, 1.54) is 12.8 Å². The number of hydrogen-bond donors (Lipinski definition) is 0. The Balaban J connectivity index is 3.40. The van der Waals surface area contributed by atoms with Crippen LogP contribution in [0.1, 0.15) is 32.6 Å². The topological polar surface area (TPSA) is 0 Å². The highest BCUT2D eigenvalue weighted by atomic mass is 79.9. The van der Waals surface area contributed by atoms with Gasteiger partial charge in [-0.1, -0.05) is 41.8 Å². The number of alkyl halides is 2. The summed E-state index contributed by atoms with van der Waals surface area (Å²) in [6, 6.07) is 0. The van der Waals surface area contributed by atoms with Crippen LogP contribution in [0.3, 0.4) is 0 Å². The highest BCUT2D eigenvalue weighted by Crippen LogP contribution is 2.20. The molecule has 1 atom stereocenters. The van der Waals surface area contributed by atoms with Gasteiger partial charge < -0.3 is 0 Å². The monoisotopic (exact) mass is 286 g/mol. The van der Waals surface area contributed by atoms with Gasteiger partial charge in [0.2, 0.25) is 0 Å². The molecule has 0 heterocycles. The van der Waals surface area contributed by atoms with Crippen molar-refractivity contribution >= 4 is 31.9 Å². The molecule has 0 saturated carbocycles. The minimum absolute atomic E-state index is 0.605. The maximum Gasteiger partial charge on any atom is 0.186 e. The quantitative estimate of drug-likeness (QED) is 0.515. The zero-order valence-corrected chi connectivity index (χ0v) is 9.79. The predicted molar refractivity (Wildman–Crippen MR) is 55.0 cm³/mol. The molecule has 0 N–H and O–H groups in total. The van der Waals surface area contributed by atoms with Crippen LogP contribution in [-0.2, 0) is 0 Å². The number of hydrogen-bond acceptors (Lipinski definition) is 0. The molecule has 3 heteroatoms. The first kappa shape index (κ1) is 11.6. The van der Waals surface area contributed by atoms with Gasteiger partial charge in [0.25, 0.3) is 0 Å². The van der Waals surface area contributed by atoms with E-state index in [2.05, 4.69) is 38.8 Å². The summed E-state index contributed by atoms with van der Waals surface area (Å²) in [7, 11) is 0. The maximum absolute atomic E-state index is 12.4. The number of halogens is 3. The molecule has 0 saturated heterocycles. The molecule has 0 aromatic carbocycles. The van der Waals surface area contributed by atoms with Crippen LogP contribution < -0.4 is 0 Å². The summed E-state index contributed by atoms with van der Waals surface area (Å²) < 4.78 is 13.0. The van der Waals surface area contributed by atoms with Crippen molar-refractivity contribution in [1.82, 2.24) is 0 Å². The minimum Gasteiger partial charge on any atom is -0.229 e. The van der Waals surface area contributed by atoms with E-state index >= 15 is 0 Å². The third kappa shape index (κ3) is 7.01. The molecule has 0 aromatic rings. The van der Waals surface area contributed by atoms with Crippen LogP contribution in [0.4, 0.5) is 4.39 Å². The zero-order chi connectivity index (χ0) is 8.69. The van der Waals surface area contributed by atoms with Gasteiger partial charge in [-0.05, 0) is 28.8 Å². The van der Waals surface area contributed by atoms with Crippen molar-refractivity contribution in [2.45, 2.75) is 37.7 Å². The molecule has 1 unspecified atom stereocenters. The third-order valence-corrected chi connectivity index (χ3v) is 3.19. The van der Waals surface area contributed by atoms with E-state index in [0.29, 0.717) is 4.48 Å². The largest absolute Gasteiger partial charge is 0.229 e. The fraction of sp³-hybridized carbons (Fsp3) is 0.750. The first-order valence-corrected chi connectivity index (χ1v) is 5.53. The van der Waals surface area contributed by atoms with Crippen molar-refractivity contribution in [3.63, 3.8) is 0 Å². The summed E-state index contributed by atoms with van der Waals surface area (Å²) in [6.07, 6.45) is 6.41. The highest BCUT2D eigenvalue weighted by Gasteiger charge is 2.02. The molecule has 0 rings (SSSR count). The number of rotatable bonds is 5. The van der Waals surface area contributed by atoms with E-state index in [-0.39, 0.29) is 0 Å². The summed E-state index contributed by atoms with van der Waals surface area (Å²) in [5.74, 6) is 0. The van der Waals surface area contributed by atoms with Crippen molar-refractivity contribution in [3.05, 3.63) is 10.6 Å². The minimum atomic E-state index is -1.04. The van der Waals surface area contributed by atoms with Gasteiger partial charge in [-0.15, -0.1) is 0 Å². The lowest BCUT2D eigenvalue weighted by Crippen LogP contribution is -1.85. The first-order chi connectivity index (χ1) is 5.18. The summed E-state index contributed by atoms with van der Waals surface area (Å²) in [5, 5.41) is -1.04. The zero-order valence-electron chi connectivity index (χ0n) is 6.62. The SMILES string of the molecule is CCCCCC=C(Br)C(F)Br. The van der Waals surface area contributed by atoms with Crippen molar-refractivity contribution in [2.75, 3.05) is 0 Å². The van der Waals surface area contributed by atoms with Gasteiger partial charge in [0.05, 0.1) is 0 Å². The molecule has 0 radical (unpaired) electrons. The average Bonchev–Trinajstić information content (AvgIpc) is 1.97. The molecule has 0 aliphatic heterocycles. The van der Waals surface area contributed by atoms with E-state index in [0.717, 1.165) is 12.8 Å². The molecule has 0 aliphatic rings. The van der Waals surface area contributed by atoms with Gasteiger partial charge in [-0.2, -0.15) is 0 Å². The van der Waals surface area contributed by atoms with E-state index in [1.807, 2.05) is 6.08 Å². The third-order valence-electron chi connectivity index (χ3n) is 1.36. The molecule has 0 nitrogen and oxygen atoms in total. The van der Waals surface area contributed by atoms with Crippen LogP contribution in [-0.4, -0.2) is 5.08 Å². The summed E-state index contributed by atoms with van der Waals surface area (Å²) in [6.45, 7) is 2.15. The van der Waals surface area contributed by atoms with E-state index in [1.54, 1.807) is 0 Å². The second-order valence-electron chi connectivity index (χ2n) is 2.39. The fourth-order valence-electron chi connectivity index (χ4n) is 0.723. The molecule has 0 aromatic heterocycles. The Morgan fingerprint density at radius 1 is 1.55 bits per heavy atom. The van der Waals surface area contributed by atoms with Crippen LogP contribution in [0.2, 0.25) is 0 Å². The van der Waals surface area contributed by atoms with Crippen LogP contribution in [0.15, 0.2) is 10.6 Å². The lowest BCUT2D eigenvalue weighted by Gasteiger charge is -1.97. The van der Waals surface area contributed by atoms with Crippen molar-refractivity contribution in [2.24, 2.45) is 0 Å². The molecule has 0 bridgehead atoms. The molecule has 0 spiro atoms. The van der Waals surface area contributed by atoms with Crippen LogP contribution in [0.25, 0.3) is 0 Å². The summed E-state index contributed by atoms with van der Waals surface area (Å²) in [4.78, 5) is 0. The second kappa shape index (κ2) is 7.29. The summed E-state index contributed by atoms with van der Waals surface area (Å²) >= 11 is 5.96. The van der Waals surface area contributed by atoms with E-state index in [4.69, 9.17) is 0 Å². The summed E-state index contributed by atoms with van der Waals surface area (Å²) in [5.41, 5.74) is 0. The Morgan fingerprint density at radius 2 is 2.18 bits per heavy atom. The van der Waals surface area contributed by atoms with E-state index in [9.17, 15) is 4.39 Å². The number of allylic oxidation sites excluding steroid dienone is 2. The molecule has 0 aliphatic carbocycles. The van der Waals surface area contributed by atoms with E-state index < -0.39 is 5.08 Å². The van der Waals surface area contributed by atoms with Crippen LogP contribution in [0, 0.1) is 0 Å². The van der Waals surface area contributed by atoms with Gasteiger partial charge in [-0.3, -0.25) is 0 Å². The Labute approximate surface area is 84.5 Å². The molecular formula is C8H13Br2F. The lowest BCUT2D eigenvalue weighted by atomic mass is 10.2. The average molecular weight is 288 g/mol. The standard InChI is InChI=1S/C8H13Br2F/c1-2-3-4-5-6-7(9)8(10)11/h6,8H,2-5H2,1H3. The number of unbranched alkanes of at least 4 members (excludes halogenated alkanes) is 3. The van der Waals surface area contributed by atoms with Crippen molar-refractivity contribution in [1.29, 1.82) is 0 Å². The van der Waals surface area contributed by atoms with Crippen molar-refractivity contribution in [3.8, 4) is 0 Å². The maximum atomic E-state index is 12.4. The molecule has 11 heavy (non-hydrogen) atoms. The van der Waals surface area contributed by atoms with Gasteiger partial charge in [-0.25, -0.2) is 4.39 Å². The van der Waals surface area contributed by atoms with Crippen LogP contribution in [0.5, 0.6) is 0 Å². The predicted octanol–water partition coefficient (Wildman–Crippen LogP) is 4.54. The Hall–Kier alpha value is 0.630. The van der Waals surface area contributed by atoms with Gasteiger partial charge in [0.15, 0.2) is 5.08 Å². The molecule has 0 fully saturated rings. The molecule has 0 amide bonds. The first-order valence-electron chi connectivity index (χ1n) is 3.82. The lowest BCUT2D eigenvalue weighted by molar-refractivity contribution is 0.523. The molecule has 66 valence electrons. The normalized spacial score (nSPS) is 15.1. The Kier molecular flexibility index (Phi) is 7.71. The Morgan fingerprint density at radius 3 is 2.64 bits per heavy atom.